The summed E-state index contributed by atoms with van der Waals surface area (Å²) in [6, 6.07) is 7.43. The van der Waals surface area contributed by atoms with Gasteiger partial charge in [0.15, 0.2) is 0 Å². The lowest BCUT2D eigenvalue weighted by atomic mass is 10.0. The molecule has 2 rings (SSSR count). The Morgan fingerprint density at radius 1 is 1.25 bits per heavy atom. The number of hydrogen-bond acceptors (Lipinski definition) is 3. The van der Waals surface area contributed by atoms with Gasteiger partial charge in [-0.1, -0.05) is 32.0 Å². The van der Waals surface area contributed by atoms with Crippen molar-refractivity contribution < 1.29 is 8.42 Å². The fourth-order valence-electron chi connectivity index (χ4n) is 2.04. The molecule has 0 saturated carbocycles. The Balaban J connectivity index is 2.42. The highest BCUT2D eigenvalue weighted by atomic mass is 32.2. The molecular weight excluding hydrogens is 274 g/mol. The number of para-hydroxylation sites is 1. The molecule has 0 aliphatic rings. The fourth-order valence-corrected chi connectivity index (χ4v) is 3.33. The van der Waals surface area contributed by atoms with E-state index in [4.69, 9.17) is 0 Å². The maximum Gasteiger partial charge on any atom is 0.265 e. The van der Waals surface area contributed by atoms with Crippen LogP contribution in [-0.4, -0.2) is 18.2 Å². The third-order valence-corrected chi connectivity index (χ3v) is 4.78. The highest BCUT2D eigenvalue weighted by Gasteiger charge is 2.21. The van der Waals surface area contributed by atoms with Crippen LogP contribution in [0.5, 0.6) is 0 Å². The van der Waals surface area contributed by atoms with Crippen molar-refractivity contribution in [3.05, 3.63) is 41.7 Å². The number of nitrogens with zero attached hydrogens (tertiary/aromatic N) is 2. The monoisotopic (exact) mass is 293 g/mol. The topological polar surface area (TPSA) is 64.0 Å². The molecule has 6 heteroatoms. The Bertz CT molecular complexity index is 718. The van der Waals surface area contributed by atoms with E-state index in [1.165, 1.54) is 6.20 Å². The first-order chi connectivity index (χ1) is 9.33. The van der Waals surface area contributed by atoms with E-state index in [2.05, 4.69) is 9.82 Å². The van der Waals surface area contributed by atoms with E-state index in [0.717, 1.165) is 5.56 Å². The molecule has 108 valence electrons. The summed E-state index contributed by atoms with van der Waals surface area (Å²) in [5, 5.41) is 3.98. The number of sulfonamides is 1. The Hall–Kier alpha value is -1.82. The highest BCUT2D eigenvalue weighted by Crippen LogP contribution is 2.26. The number of aryl methyl sites for hydroxylation is 1. The minimum atomic E-state index is -3.61. The summed E-state index contributed by atoms with van der Waals surface area (Å²) in [6.45, 7) is 5.79. The molecule has 1 N–H and O–H groups in total. The summed E-state index contributed by atoms with van der Waals surface area (Å²) in [5.74, 6) is 0.240. The Morgan fingerprint density at radius 2 is 1.90 bits per heavy atom. The zero-order chi connectivity index (χ0) is 14.9. The van der Waals surface area contributed by atoms with Crippen LogP contribution in [0, 0.1) is 6.92 Å². The van der Waals surface area contributed by atoms with E-state index in [1.54, 1.807) is 24.7 Å². The van der Waals surface area contributed by atoms with Crippen LogP contribution in [0.25, 0.3) is 0 Å². The van der Waals surface area contributed by atoms with Crippen molar-refractivity contribution in [2.24, 2.45) is 7.05 Å². The minimum Gasteiger partial charge on any atom is -0.279 e. The SMILES string of the molecule is Cc1c(S(=O)(=O)Nc2ccccc2C(C)C)cnn1C. The first kappa shape index (κ1) is 14.6. The largest absolute Gasteiger partial charge is 0.279 e. The van der Waals surface area contributed by atoms with Crippen molar-refractivity contribution in [3.63, 3.8) is 0 Å². The van der Waals surface area contributed by atoms with Crippen molar-refractivity contribution in [1.29, 1.82) is 0 Å². The van der Waals surface area contributed by atoms with Crippen LogP contribution in [0.3, 0.4) is 0 Å². The number of nitrogens with one attached hydrogen (secondary N) is 1. The van der Waals surface area contributed by atoms with Gasteiger partial charge in [-0.2, -0.15) is 5.10 Å². The zero-order valence-corrected chi connectivity index (χ0v) is 12.9. The summed E-state index contributed by atoms with van der Waals surface area (Å²) in [6.07, 6.45) is 1.37. The zero-order valence-electron chi connectivity index (χ0n) is 12.1. The fraction of sp³-hybridized carbons (Fsp3) is 0.357. The van der Waals surface area contributed by atoms with Gasteiger partial charge in [-0.05, 0) is 24.5 Å². The van der Waals surface area contributed by atoms with Crippen molar-refractivity contribution in [2.45, 2.75) is 31.6 Å². The third-order valence-electron chi connectivity index (χ3n) is 3.31. The van der Waals surface area contributed by atoms with Crippen LogP contribution in [-0.2, 0) is 17.1 Å². The first-order valence-electron chi connectivity index (χ1n) is 6.43. The molecule has 0 spiro atoms. The van der Waals surface area contributed by atoms with Crippen molar-refractivity contribution in [2.75, 3.05) is 4.72 Å². The maximum atomic E-state index is 12.4. The second-order valence-electron chi connectivity index (χ2n) is 5.07. The quantitative estimate of drug-likeness (QED) is 0.942. The average Bonchev–Trinajstić information content (AvgIpc) is 2.70. The standard InChI is InChI=1S/C14H19N3O2S/c1-10(2)12-7-5-6-8-13(12)16-20(18,19)14-9-15-17(4)11(14)3/h5-10,16H,1-4H3. The maximum absolute atomic E-state index is 12.4. The van der Waals surface area contributed by atoms with E-state index in [0.29, 0.717) is 11.4 Å². The molecule has 0 bridgehead atoms. The number of aromatic nitrogens is 2. The molecule has 1 heterocycles. The van der Waals surface area contributed by atoms with Crippen LogP contribution >= 0.6 is 0 Å². The lowest BCUT2D eigenvalue weighted by Gasteiger charge is -2.14. The van der Waals surface area contributed by atoms with Gasteiger partial charge in [0, 0.05) is 7.05 Å². The molecule has 2 aromatic rings. The van der Waals surface area contributed by atoms with Gasteiger partial charge in [0.1, 0.15) is 4.90 Å². The number of rotatable bonds is 4. The Kier molecular flexibility index (Phi) is 3.85. The van der Waals surface area contributed by atoms with Crippen molar-refractivity contribution >= 4 is 15.7 Å². The van der Waals surface area contributed by atoms with E-state index in [9.17, 15) is 8.42 Å². The Morgan fingerprint density at radius 3 is 2.45 bits per heavy atom. The number of hydrogen-bond donors (Lipinski definition) is 1. The van der Waals surface area contributed by atoms with E-state index in [1.807, 2.05) is 32.0 Å². The first-order valence-corrected chi connectivity index (χ1v) is 7.91. The van der Waals surface area contributed by atoms with E-state index < -0.39 is 10.0 Å². The average molecular weight is 293 g/mol. The second-order valence-corrected chi connectivity index (χ2v) is 6.72. The lowest BCUT2D eigenvalue weighted by Crippen LogP contribution is -2.15. The van der Waals surface area contributed by atoms with E-state index >= 15 is 0 Å². The minimum absolute atomic E-state index is 0.207. The van der Waals surface area contributed by atoms with Crippen LogP contribution in [0.4, 0.5) is 5.69 Å². The van der Waals surface area contributed by atoms with Crippen molar-refractivity contribution in [3.8, 4) is 0 Å². The van der Waals surface area contributed by atoms with Crippen LogP contribution in [0.15, 0.2) is 35.4 Å². The molecule has 0 atom stereocenters. The number of anilines is 1. The summed E-state index contributed by atoms with van der Waals surface area (Å²) in [4.78, 5) is 0.207. The molecule has 1 aromatic carbocycles. The Labute approximate surface area is 119 Å². The molecule has 0 aliphatic carbocycles. The van der Waals surface area contributed by atoms with Gasteiger partial charge < -0.3 is 0 Å². The summed E-state index contributed by atoms with van der Waals surface area (Å²) < 4.78 is 29.1. The molecule has 0 radical (unpaired) electrons. The van der Waals surface area contributed by atoms with Crippen molar-refractivity contribution in [1.82, 2.24) is 9.78 Å². The van der Waals surface area contributed by atoms with Gasteiger partial charge in [-0.3, -0.25) is 9.40 Å². The molecule has 5 nitrogen and oxygen atoms in total. The number of benzene rings is 1. The van der Waals surface area contributed by atoms with Gasteiger partial charge in [0.05, 0.1) is 17.6 Å². The summed E-state index contributed by atoms with van der Waals surface area (Å²) in [7, 11) is -1.89. The van der Waals surface area contributed by atoms with Gasteiger partial charge in [0.25, 0.3) is 10.0 Å². The molecule has 0 saturated heterocycles. The molecule has 20 heavy (non-hydrogen) atoms. The van der Waals surface area contributed by atoms with Gasteiger partial charge in [-0.15, -0.1) is 0 Å². The van der Waals surface area contributed by atoms with Crippen LogP contribution < -0.4 is 4.72 Å². The predicted molar refractivity (Wildman–Crippen MR) is 79.3 cm³/mol. The van der Waals surface area contributed by atoms with Gasteiger partial charge >= 0.3 is 0 Å². The molecule has 0 unspecified atom stereocenters. The van der Waals surface area contributed by atoms with Crippen LogP contribution in [0.2, 0.25) is 0 Å². The molecular formula is C14H19N3O2S. The smallest absolute Gasteiger partial charge is 0.265 e. The lowest BCUT2D eigenvalue weighted by molar-refractivity contribution is 0.600. The molecule has 0 aliphatic heterocycles. The van der Waals surface area contributed by atoms with E-state index in [-0.39, 0.29) is 10.8 Å². The summed E-state index contributed by atoms with van der Waals surface area (Å²) in [5.41, 5.74) is 2.20. The van der Waals surface area contributed by atoms with Crippen LogP contribution in [0.1, 0.15) is 31.0 Å². The third kappa shape index (κ3) is 2.70. The molecule has 1 aromatic heterocycles. The second kappa shape index (κ2) is 5.28. The highest BCUT2D eigenvalue weighted by molar-refractivity contribution is 7.92. The normalized spacial score (nSPS) is 11.8. The van der Waals surface area contributed by atoms with Gasteiger partial charge in [0.2, 0.25) is 0 Å². The molecule has 0 fully saturated rings. The molecule has 0 amide bonds. The summed E-state index contributed by atoms with van der Waals surface area (Å²) >= 11 is 0. The van der Waals surface area contributed by atoms with Gasteiger partial charge in [-0.25, -0.2) is 8.42 Å². The predicted octanol–water partition coefficient (Wildman–Crippen LogP) is 2.65.